The van der Waals surface area contributed by atoms with E-state index in [0.717, 1.165) is 45.2 Å². The van der Waals surface area contributed by atoms with Crippen molar-refractivity contribution in [3.05, 3.63) is 0 Å². The van der Waals surface area contributed by atoms with Crippen LogP contribution in [0.1, 0.15) is 73.1 Å². The Morgan fingerprint density at radius 3 is 2.08 bits per heavy atom. The highest BCUT2D eigenvalue weighted by Gasteiger charge is 2.28. The van der Waals surface area contributed by atoms with Crippen LogP contribution in [0.2, 0.25) is 0 Å². The molecular weight excluding hydrogens is 324 g/mol. The number of ether oxygens (including phenoxy) is 1. The third-order valence-electron chi connectivity index (χ3n) is 4.28. The number of hydrogen-bond acceptors (Lipinski definition) is 4. The van der Waals surface area contributed by atoms with Crippen molar-refractivity contribution < 1.29 is 13.2 Å². The molecule has 146 valence electrons. The molecule has 0 aliphatic carbocycles. The van der Waals surface area contributed by atoms with Gasteiger partial charge in [0.2, 0.25) is 10.0 Å². The second kappa shape index (κ2) is 14.0. The molecule has 0 heterocycles. The van der Waals surface area contributed by atoms with Crippen LogP contribution in [0, 0.1) is 5.92 Å². The Morgan fingerprint density at radius 1 is 0.917 bits per heavy atom. The van der Waals surface area contributed by atoms with Crippen molar-refractivity contribution in [3.8, 4) is 0 Å². The van der Waals surface area contributed by atoms with E-state index < -0.39 is 10.0 Å². The van der Waals surface area contributed by atoms with Gasteiger partial charge in [0.25, 0.3) is 0 Å². The molecule has 0 aliphatic heterocycles. The lowest BCUT2D eigenvalue weighted by Crippen LogP contribution is -2.38. The molecule has 2 unspecified atom stereocenters. The van der Waals surface area contributed by atoms with E-state index in [0.29, 0.717) is 19.6 Å². The standard InChI is InChI=1S/C18H40N2O3S/c1-6-19-14-10-8-9-11-15-20-24(21,22)18(16(3)4)13-12-17(5)23-7-2/h16-20H,6-15H2,1-5H3. The van der Waals surface area contributed by atoms with Crippen LogP contribution >= 0.6 is 0 Å². The average Bonchev–Trinajstić information content (AvgIpc) is 2.49. The zero-order valence-electron chi connectivity index (χ0n) is 16.4. The molecule has 0 spiro atoms. The lowest BCUT2D eigenvalue weighted by Gasteiger charge is -2.23. The van der Waals surface area contributed by atoms with E-state index in [2.05, 4.69) is 17.0 Å². The fourth-order valence-electron chi connectivity index (χ4n) is 2.84. The molecule has 6 heteroatoms. The summed E-state index contributed by atoms with van der Waals surface area (Å²) in [4.78, 5) is 0. The van der Waals surface area contributed by atoms with Crippen LogP contribution in [0.15, 0.2) is 0 Å². The van der Waals surface area contributed by atoms with Gasteiger partial charge in [0.1, 0.15) is 0 Å². The highest BCUT2D eigenvalue weighted by molar-refractivity contribution is 7.90. The van der Waals surface area contributed by atoms with Gasteiger partial charge < -0.3 is 10.1 Å². The smallest absolute Gasteiger partial charge is 0.214 e. The van der Waals surface area contributed by atoms with E-state index in [1.54, 1.807) is 0 Å². The Labute approximate surface area is 150 Å². The summed E-state index contributed by atoms with van der Waals surface area (Å²) in [6.45, 7) is 13.3. The summed E-state index contributed by atoms with van der Waals surface area (Å²) in [6.07, 6.45) is 5.83. The summed E-state index contributed by atoms with van der Waals surface area (Å²) < 4.78 is 33.4. The molecule has 0 saturated carbocycles. The SMILES string of the molecule is CCNCCCCCCNS(=O)(=O)C(CCC(C)OCC)C(C)C. The molecule has 2 N–H and O–H groups in total. The highest BCUT2D eigenvalue weighted by Crippen LogP contribution is 2.19. The summed E-state index contributed by atoms with van der Waals surface area (Å²) in [7, 11) is -3.25. The highest BCUT2D eigenvalue weighted by atomic mass is 32.2. The summed E-state index contributed by atoms with van der Waals surface area (Å²) >= 11 is 0. The van der Waals surface area contributed by atoms with E-state index in [-0.39, 0.29) is 17.3 Å². The van der Waals surface area contributed by atoms with Crippen LogP contribution in [0.4, 0.5) is 0 Å². The monoisotopic (exact) mass is 364 g/mol. The van der Waals surface area contributed by atoms with Crippen molar-refractivity contribution in [3.63, 3.8) is 0 Å². The second-order valence-corrected chi connectivity index (χ2v) is 8.82. The lowest BCUT2D eigenvalue weighted by atomic mass is 10.0. The fourth-order valence-corrected chi connectivity index (χ4v) is 4.65. The first-order valence-electron chi connectivity index (χ1n) is 9.65. The maximum absolute atomic E-state index is 12.6. The van der Waals surface area contributed by atoms with Gasteiger partial charge in [-0.15, -0.1) is 0 Å². The van der Waals surface area contributed by atoms with Crippen LogP contribution < -0.4 is 10.0 Å². The van der Waals surface area contributed by atoms with Crippen LogP contribution in [0.3, 0.4) is 0 Å². The van der Waals surface area contributed by atoms with Crippen LogP contribution in [-0.4, -0.2) is 46.0 Å². The Kier molecular flexibility index (Phi) is 13.9. The van der Waals surface area contributed by atoms with E-state index in [4.69, 9.17) is 4.74 Å². The summed E-state index contributed by atoms with van der Waals surface area (Å²) in [5.41, 5.74) is 0. The molecule has 0 saturated heterocycles. The fraction of sp³-hybridized carbons (Fsp3) is 1.00. The number of hydrogen-bond donors (Lipinski definition) is 2. The molecule has 0 aromatic heterocycles. The van der Waals surface area contributed by atoms with E-state index in [1.807, 2.05) is 27.7 Å². The summed E-state index contributed by atoms with van der Waals surface area (Å²) in [5, 5.41) is 2.96. The van der Waals surface area contributed by atoms with Crippen molar-refractivity contribution in [2.45, 2.75) is 84.5 Å². The average molecular weight is 365 g/mol. The van der Waals surface area contributed by atoms with E-state index in [1.165, 1.54) is 0 Å². The third kappa shape index (κ3) is 11.4. The van der Waals surface area contributed by atoms with Gasteiger partial charge >= 0.3 is 0 Å². The summed E-state index contributed by atoms with van der Waals surface area (Å²) in [5.74, 6) is 0.108. The van der Waals surface area contributed by atoms with Crippen molar-refractivity contribution >= 4 is 10.0 Å². The van der Waals surface area contributed by atoms with E-state index >= 15 is 0 Å². The van der Waals surface area contributed by atoms with Crippen molar-refractivity contribution in [1.82, 2.24) is 10.0 Å². The quantitative estimate of drug-likeness (QED) is 0.412. The minimum Gasteiger partial charge on any atom is -0.379 e. The first-order chi connectivity index (χ1) is 11.3. The largest absolute Gasteiger partial charge is 0.379 e. The Hall–Kier alpha value is -0.170. The predicted molar refractivity (Wildman–Crippen MR) is 103 cm³/mol. The first-order valence-corrected chi connectivity index (χ1v) is 11.2. The molecule has 0 bridgehead atoms. The van der Waals surface area contributed by atoms with Crippen LogP contribution in [-0.2, 0) is 14.8 Å². The molecule has 0 amide bonds. The normalized spacial score (nSPS) is 14.9. The number of sulfonamides is 1. The Bertz CT molecular complexity index is 386. The minimum absolute atomic E-state index is 0.108. The minimum atomic E-state index is -3.25. The Balaban J connectivity index is 4.13. The van der Waals surface area contributed by atoms with E-state index in [9.17, 15) is 8.42 Å². The zero-order valence-corrected chi connectivity index (χ0v) is 17.3. The van der Waals surface area contributed by atoms with Crippen molar-refractivity contribution in [2.75, 3.05) is 26.2 Å². The van der Waals surface area contributed by atoms with Gasteiger partial charge in [-0.1, -0.05) is 33.6 Å². The predicted octanol–water partition coefficient (Wildman–Crippen LogP) is 3.31. The lowest BCUT2D eigenvalue weighted by molar-refractivity contribution is 0.0680. The van der Waals surface area contributed by atoms with Gasteiger partial charge in [0.15, 0.2) is 0 Å². The maximum Gasteiger partial charge on any atom is 0.214 e. The molecular formula is C18H40N2O3S. The molecule has 24 heavy (non-hydrogen) atoms. The molecule has 0 radical (unpaired) electrons. The van der Waals surface area contributed by atoms with Crippen LogP contribution in [0.5, 0.6) is 0 Å². The van der Waals surface area contributed by atoms with Crippen molar-refractivity contribution in [2.24, 2.45) is 5.92 Å². The van der Waals surface area contributed by atoms with Gasteiger partial charge in [-0.3, -0.25) is 0 Å². The molecule has 0 aliphatic rings. The van der Waals surface area contributed by atoms with Gasteiger partial charge in [-0.2, -0.15) is 0 Å². The molecule has 0 fully saturated rings. The molecule has 0 aromatic rings. The number of nitrogens with one attached hydrogen (secondary N) is 2. The van der Waals surface area contributed by atoms with Crippen LogP contribution in [0.25, 0.3) is 0 Å². The number of rotatable bonds is 16. The Morgan fingerprint density at radius 2 is 1.54 bits per heavy atom. The van der Waals surface area contributed by atoms with Gasteiger partial charge in [0.05, 0.1) is 11.4 Å². The zero-order chi connectivity index (χ0) is 18.4. The third-order valence-corrected chi connectivity index (χ3v) is 6.47. The first kappa shape index (κ1) is 23.8. The van der Waals surface area contributed by atoms with Crippen molar-refractivity contribution in [1.29, 1.82) is 0 Å². The topological polar surface area (TPSA) is 67.4 Å². The molecule has 2 atom stereocenters. The number of unbranched alkanes of at least 4 members (excludes halogenated alkanes) is 3. The molecule has 5 nitrogen and oxygen atoms in total. The van der Waals surface area contributed by atoms with Gasteiger partial charge in [0, 0.05) is 13.2 Å². The molecule has 0 rings (SSSR count). The molecule has 0 aromatic carbocycles. The maximum atomic E-state index is 12.6. The summed E-state index contributed by atoms with van der Waals surface area (Å²) in [6, 6.07) is 0. The second-order valence-electron chi connectivity index (χ2n) is 6.83. The van der Waals surface area contributed by atoms with Gasteiger partial charge in [-0.05, 0) is 58.5 Å². The van der Waals surface area contributed by atoms with Gasteiger partial charge in [-0.25, -0.2) is 13.1 Å².